The van der Waals surface area contributed by atoms with Crippen molar-refractivity contribution in [3.05, 3.63) is 12.2 Å². The third-order valence-corrected chi connectivity index (χ3v) is 3.47. The molecule has 0 aliphatic carbocycles. The molecule has 1 aliphatic heterocycles. The Morgan fingerprint density at radius 1 is 1.05 bits per heavy atom. The molecule has 0 aromatic heterocycles. The lowest BCUT2D eigenvalue weighted by atomic mass is 10.2. The van der Waals surface area contributed by atoms with E-state index in [0.717, 1.165) is 32.5 Å². The van der Waals surface area contributed by atoms with Gasteiger partial charge in [-0.2, -0.15) is 0 Å². The first kappa shape index (κ1) is 19.1. The smallest absolute Gasteiger partial charge is 0.220 e. The minimum atomic E-state index is 0.117. The molecule has 128 valence electrons. The molecule has 0 radical (unpaired) electrons. The van der Waals surface area contributed by atoms with E-state index in [0.29, 0.717) is 45.9 Å². The highest BCUT2D eigenvalue weighted by Crippen LogP contribution is 2.04. The molecule has 0 saturated carbocycles. The Balaban J connectivity index is 1.77. The van der Waals surface area contributed by atoms with E-state index in [-0.39, 0.29) is 5.91 Å². The van der Waals surface area contributed by atoms with E-state index in [1.54, 1.807) is 0 Å². The van der Waals surface area contributed by atoms with Gasteiger partial charge in [-0.25, -0.2) is 0 Å². The fourth-order valence-corrected chi connectivity index (χ4v) is 2.26. The van der Waals surface area contributed by atoms with Gasteiger partial charge in [0.05, 0.1) is 26.4 Å². The predicted molar refractivity (Wildman–Crippen MR) is 87.8 cm³/mol. The lowest BCUT2D eigenvalue weighted by Gasteiger charge is -2.13. The summed E-state index contributed by atoms with van der Waals surface area (Å²) in [6, 6.07) is 0. The number of unbranched alkanes of at least 4 members (excludes halogenated alkanes) is 2. The van der Waals surface area contributed by atoms with Gasteiger partial charge in [0, 0.05) is 32.6 Å². The maximum absolute atomic E-state index is 11.6. The van der Waals surface area contributed by atoms with E-state index in [9.17, 15) is 4.79 Å². The maximum Gasteiger partial charge on any atom is 0.220 e. The number of nitrogens with two attached hydrogens (primary N) is 1. The molecule has 1 amide bonds. The van der Waals surface area contributed by atoms with Crippen LogP contribution >= 0.6 is 0 Å². The topological polar surface area (TPSA) is 76.8 Å². The standard InChI is InChI=1S/C16H31N3O3/c17-7-12-21-14-15-22-13-8-18-16(20)6-2-1-3-9-19-10-4-5-11-19/h4-5H,1-3,6-15,17H2,(H,18,20). The molecule has 3 N–H and O–H groups in total. The highest BCUT2D eigenvalue weighted by molar-refractivity contribution is 5.75. The summed E-state index contributed by atoms with van der Waals surface area (Å²) in [5.41, 5.74) is 5.30. The summed E-state index contributed by atoms with van der Waals surface area (Å²) in [6.07, 6.45) is 8.26. The van der Waals surface area contributed by atoms with Crippen molar-refractivity contribution in [1.29, 1.82) is 0 Å². The van der Waals surface area contributed by atoms with Gasteiger partial charge < -0.3 is 20.5 Å². The Labute approximate surface area is 134 Å². The first-order valence-corrected chi connectivity index (χ1v) is 8.32. The molecule has 1 aliphatic rings. The Kier molecular flexibility index (Phi) is 11.9. The van der Waals surface area contributed by atoms with E-state index >= 15 is 0 Å². The van der Waals surface area contributed by atoms with Crippen LogP contribution in [0.3, 0.4) is 0 Å². The maximum atomic E-state index is 11.6. The summed E-state index contributed by atoms with van der Waals surface area (Å²) in [5.74, 6) is 0.117. The molecule has 0 aromatic rings. The van der Waals surface area contributed by atoms with Crippen LogP contribution in [0.1, 0.15) is 25.7 Å². The Morgan fingerprint density at radius 2 is 1.77 bits per heavy atom. The van der Waals surface area contributed by atoms with Crippen LogP contribution in [-0.4, -0.2) is 70.0 Å². The number of ether oxygens (including phenoxy) is 2. The van der Waals surface area contributed by atoms with Gasteiger partial charge in [-0.05, 0) is 19.4 Å². The highest BCUT2D eigenvalue weighted by Gasteiger charge is 2.05. The SMILES string of the molecule is NCCOCCOCCNC(=O)CCCCCN1CC=CC1. The van der Waals surface area contributed by atoms with Gasteiger partial charge in [-0.15, -0.1) is 0 Å². The van der Waals surface area contributed by atoms with Crippen molar-refractivity contribution in [3.63, 3.8) is 0 Å². The number of carbonyl (C=O) groups excluding carboxylic acids is 1. The second kappa shape index (κ2) is 13.7. The lowest BCUT2D eigenvalue weighted by Crippen LogP contribution is -2.27. The Bertz CT molecular complexity index is 303. The van der Waals surface area contributed by atoms with Crippen LogP contribution in [-0.2, 0) is 14.3 Å². The normalized spacial score (nSPS) is 14.6. The van der Waals surface area contributed by atoms with Crippen LogP contribution in [0.2, 0.25) is 0 Å². The zero-order chi connectivity index (χ0) is 15.9. The van der Waals surface area contributed by atoms with Crippen molar-refractivity contribution < 1.29 is 14.3 Å². The average Bonchev–Trinajstić information content (AvgIpc) is 3.03. The molecule has 6 heteroatoms. The van der Waals surface area contributed by atoms with Gasteiger partial charge in [-0.3, -0.25) is 9.69 Å². The fourth-order valence-electron chi connectivity index (χ4n) is 2.26. The number of carbonyl (C=O) groups is 1. The summed E-state index contributed by atoms with van der Waals surface area (Å²) >= 11 is 0. The molecular weight excluding hydrogens is 282 g/mol. The zero-order valence-electron chi connectivity index (χ0n) is 13.6. The van der Waals surface area contributed by atoms with Gasteiger partial charge >= 0.3 is 0 Å². The molecular formula is C16H31N3O3. The van der Waals surface area contributed by atoms with E-state index in [1.807, 2.05) is 0 Å². The number of hydrogen-bond donors (Lipinski definition) is 2. The number of nitrogens with one attached hydrogen (secondary N) is 1. The molecule has 0 aromatic carbocycles. The van der Waals surface area contributed by atoms with E-state index in [1.165, 1.54) is 6.42 Å². The molecule has 1 rings (SSSR count). The van der Waals surface area contributed by atoms with Gasteiger partial charge in [0.2, 0.25) is 5.91 Å². The Hall–Kier alpha value is -0.950. The van der Waals surface area contributed by atoms with E-state index < -0.39 is 0 Å². The van der Waals surface area contributed by atoms with Crippen molar-refractivity contribution >= 4 is 5.91 Å². The first-order chi connectivity index (χ1) is 10.8. The van der Waals surface area contributed by atoms with Crippen molar-refractivity contribution in [2.45, 2.75) is 25.7 Å². The van der Waals surface area contributed by atoms with Crippen molar-refractivity contribution in [2.24, 2.45) is 5.73 Å². The molecule has 0 spiro atoms. The molecule has 0 saturated heterocycles. The minimum absolute atomic E-state index is 0.117. The summed E-state index contributed by atoms with van der Waals surface area (Å²) < 4.78 is 10.5. The molecule has 0 fully saturated rings. The summed E-state index contributed by atoms with van der Waals surface area (Å²) in [5, 5.41) is 2.87. The van der Waals surface area contributed by atoms with Crippen molar-refractivity contribution in [2.75, 3.05) is 59.2 Å². The largest absolute Gasteiger partial charge is 0.378 e. The van der Waals surface area contributed by atoms with E-state index in [2.05, 4.69) is 22.4 Å². The monoisotopic (exact) mass is 313 g/mol. The summed E-state index contributed by atoms with van der Waals surface area (Å²) in [6.45, 7) is 6.58. The number of hydrogen-bond acceptors (Lipinski definition) is 5. The number of rotatable bonds is 14. The molecule has 0 bridgehead atoms. The minimum Gasteiger partial charge on any atom is -0.378 e. The van der Waals surface area contributed by atoms with Gasteiger partial charge in [0.1, 0.15) is 0 Å². The van der Waals surface area contributed by atoms with E-state index in [4.69, 9.17) is 15.2 Å². The molecule has 0 atom stereocenters. The molecule has 0 unspecified atom stereocenters. The second-order valence-corrected chi connectivity index (χ2v) is 5.41. The van der Waals surface area contributed by atoms with Crippen molar-refractivity contribution in [1.82, 2.24) is 10.2 Å². The van der Waals surface area contributed by atoms with Gasteiger partial charge in [0.25, 0.3) is 0 Å². The van der Waals surface area contributed by atoms with Crippen LogP contribution in [0.4, 0.5) is 0 Å². The zero-order valence-corrected chi connectivity index (χ0v) is 13.6. The quantitative estimate of drug-likeness (QED) is 0.361. The van der Waals surface area contributed by atoms with Crippen LogP contribution < -0.4 is 11.1 Å². The second-order valence-electron chi connectivity index (χ2n) is 5.41. The predicted octanol–water partition coefficient (Wildman–Crippen LogP) is 0.527. The summed E-state index contributed by atoms with van der Waals surface area (Å²) in [7, 11) is 0. The van der Waals surface area contributed by atoms with Gasteiger partial charge in [-0.1, -0.05) is 18.6 Å². The molecule has 22 heavy (non-hydrogen) atoms. The van der Waals surface area contributed by atoms with Crippen LogP contribution in [0.15, 0.2) is 12.2 Å². The third-order valence-electron chi connectivity index (χ3n) is 3.47. The number of amides is 1. The molecule has 1 heterocycles. The van der Waals surface area contributed by atoms with Crippen LogP contribution in [0.25, 0.3) is 0 Å². The lowest BCUT2D eigenvalue weighted by molar-refractivity contribution is -0.121. The average molecular weight is 313 g/mol. The molecule has 6 nitrogen and oxygen atoms in total. The van der Waals surface area contributed by atoms with Crippen LogP contribution in [0, 0.1) is 0 Å². The first-order valence-electron chi connectivity index (χ1n) is 8.32. The van der Waals surface area contributed by atoms with Crippen LogP contribution in [0.5, 0.6) is 0 Å². The fraction of sp³-hybridized carbons (Fsp3) is 0.812. The highest BCUT2D eigenvalue weighted by atomic mass is 16.5. The van der Waals surface area contributed by atoms with Crippen molar-refractivity contribution in [3.8, 4) is 0 Å². The third kappa shape index (κ3) is 10.7. The van der Waals surface area contributed by atoms with Gasteiger partial charge in [0.15, 0.2) is 0 Å². The summed E-state index contributed by atoms with van der Waals surface area (Å²) in [4.78, 5) is 14.0. The number of nitrogens with zero attached hydrogens (tertiary/aromatic N) is 1. The Morgan fingerprint density at radius 3 is 2.50 bits per heavy atom.